The molecule has 202 valence electrons. The van der Waals surface area contributed by atoms with Gasteiger partial charge >= 0.3 is 5.97 Å². The Bertz CT molecular complexity index is 1650. The molecule has 0 atom stereocenters. The van der Waals surface area contributed by atoms with Crippen LogP contribution in [0.3, 0.4) is 0 Å². The number of hydrogen-bond acceptors (Lipinski definition) is 5. The van der Waals surface area contributed by atoms with Crippen LogP contribution in [0.2, 0.25) is 5.02 Å². The van der Waals surface area contributed by atoms with Crippen molar-refractivity contribution in [3.63, 3.8) is 0 Å². The molecule has 0 saturated heterocycles. The van der Waals surface area contributed by atoms with E-state index in [0.717, 1.165) is 37.8 Å². The maximum Gasteiger partial charge on any atom is 0.339 e. The maximum absolute atomic E-state index is 14.5. The molecule has 0 unspecified atom stereocenters. The Hall–Kier alpha value is -3.75. The van der Waals surface area contributed by atoms with E-state index in [4.69, 9.17) is 21.1 Å². The number of carbonyl (C=O) groups is 1. The lowest BCUT2D eigenvalue weighted by Crippen LogP contribution is -2.24. The van der Waals surface area contributed by atoms with Crippen LogP contribution in [-0.2, 0) is 10.2 Å². The van der Waals surface area contributed by atoms with Gasteiger partial charge in [-0.3, -0.25) is 0 Å². The Labute approximate surface area is 229 Å². The van der Waals surface area contributed by atoms with Gasteiger partial charge in [0.1, 0.15) is 17.1 Å². The third-order valence-corrected chi connectivity index (χ3v) is 8.85. The van der Waals surface area contributed by atoms with E-state index in [-0.39, 0.29) is 33.8 Å². The number of carboxylic acids is 1. The van der Waals surface area contributed by atoms with Gasteiger partial charge in [0.2, 0.25) is 0 Å². The number of halogens is 2. The van der Waals surface area contributed by atoms with Crippen molar-refractivity contribution in [1.29, 1.82) is 0 Å². The number of aromatic hydroxyl groups is 2. The molecule has 0 spiro atoms. The summed E-state index contributed by atoms with van der Waals surface area (Å²) in [5, 5.41) is 32.2. The Morgan fingerprint density at radius 1 is 1.00 bits per heavy atom. The minimum absolute atomic E-state index is 0.0613. The third-order valence-electron chi connectivity index (χ3n) is 8.64. The standard InChI is InChI=1S/C30H27ClFNO6/c1-38-24-14-18(4-6-20(24)32)33-21-12-17(31)13-23(35)26(21)25(16-3-5-19(28(36)37)22(34)11-16)27(33)29-7-9-30(15-29,39-2)10-8-29/h3-6,11-14,34-35H,7-10,15H2,1-2H3,(H,36,37). The molecule has 0 radical (unpaired) electrons. The van der Waals surface area contributed by atoms with Crippen molar-refractivity contribution >= 4 is 28.5 Å². The first-order chi connectivity index (χ1) is 18.6. The molecule has 7 nitrogen and oxygen atoms in total. The molecule has 1 aromatic heterocycles. The molecule has 9 heteroatoms. The summed E-state index contributed by atoms with van der Waals surface area (Å²) in [7, 11) is 3.13. The van der Waals surface area contributed by atoms with Gasteiger partial charge in [-0.2, -0.15) is 0 Å². The van der Waals surface area contributed by atoms with Gasteiger partial charge in [-0.1, -0.05) is 17.7 Å². The Morgan fingerprint density at radius 2 is 1.74 bits per heavy atom. The number of phenols is 2. The smallest absolute Gasteiger partial charge is 0.339 e. The molecular formula is C30H27ClFNO6. The summed E-state index contributed by atoms with van der Waals surface area (Å²) in [6.07, 6.45) is 4.08. The predicted octanol–water partition coefficient (Wildman–Crippen LogP) is 6.81. The molecule has 39 heavy (non-hydrogen) atoms. The second kappa shape index (κ2) is 8.89. The number of aromatic carboxylic acids is 1. The van der Waals surface area contributed by atoms with Gasteiger partial charge in [-0.25, -0.2) is 9.18 Å². The molecule has 2 aliphatic rings. The van der Waals surface area contributed by atoms with Crippen molar-refractivity contribution < 1.29 is 34.0 Å². The number of carboxylic acid groups (broad SMARTS) is 1. The van der Waals surface area contributed by atoms with Crippen LogP contribution in [0.25, 0.3) is 27.7 Å². The predicted molar refractivity (Wildman–Crippen MR) is 145 cm³/mol. The van der Waals surface area contributed by atoms with E-state index in [1.54, 1.807) is 31.4 Å². The van der Waals surface area contributed by atoms with E-state index in [1.807, 2.05) is 4.57 Å². The highest BCUT2D eigenvalue weighted by Crippen LogP contribution is 2.62. The van der Waals surface area contributed by atoms with Crippen LogP contribution in [0.5, 0.6) is 17.2 Å². The summed E-state index contributed by atoms with van der Waals surface area (Å²) < 4.78 is 27.8. The van der Waals surface area contributed by atoms with Crippen LogP contribution in [0.1, 0.15) is 48.2 Å². The van der Waals surface area contributed by atoms with Gasteiger partial charge in [0.05, 0.1) is 23.6 Å². The van der Waals surface area contributed by atoms with Gasteiger partial charge in [-0.15, -0.1) is 0 Å². The van der Waals surface area contributed by atoms with Crippen molar-refractivity contribution in [3.8, 4) is 34.1 Å². The highest BCUT2D eigenvalue weighted by atomic mass is 35.5. The average molecular weight is 552 g/mol. The van der Waals surface area contributed by atoms with E-state index in [2.05, 4.69) is 0 Å². The first-order valence-electron chi connectivity index (χ1n) is 12.7. The quantitative estimate of drug-likeness (QED) is 0.243. The second-order valence-electron chi connectivity index (χ2n) is 10.6. The van der Waals surface area contributed by atoms with Gasteiger partial charge < -0.3 is 29.4 Å². The molecule has 0 aliphatic heterocycles. The van der Waals surface area contributed by atoms with Gasteiger partial charge in [0, 0.05) is 40.6 Å². The van der Waals surface area contributed by atoms with Crippen molar-refractivity contribution in [1.82, 2.24) is 4.57 Å². The Balaban J connectivity index is 1.76. The van der Waals surface area contributed by atoms with Crippen LogP contribution in [0, 0.1) is 5.82 Å². The van der Waals surface area contributed by atoms with Gasteiger partial charge in [0.15, 0.2) is 11.6 Å². The number of hydrogen-bond donors (Lipinski definition) is 3. The average Bonchev–Trinajstić information content (AvgIpc) is 3.58. The summed E-state index contributed by atoms with van der Waals surface area (Å²) in [6, 6.07) is 12.2. The number of ether oxygens (including phenoxy) is 2. The van der Waals surface area contributed by atoms with E-state index < -0.39 is 11.8 Å². The zero-order valence-electron chi connectivity index (χ0n) is 21.4. The topological polar surface area (TPSA) is 101 Å². The van der Waals surface area contributed by atoms with Crippen LogP contribution >= 0.6 is 11.6 Å². The normalized spacial score (nSPS) is 22.1. The maximum atomic E-state index is 14.5. The molecule has 3 N–H and O–H groups in total. The van der Waals surface area contributed by atoms with Crippen LogP contribution in [0.15, 0.2) is 48.5 Å². The van der Waals surface area contributed by atoms with Crippen molar-refractivity contribution in [2.24, 2.45) is 0 Å². The van der Waals surface area contributed by atoms with Crippen LogP contribution in [0.4, 0.5) is 4.39 Å². The Kier molecular flexibility index (Phi) is 5.82. The van der Waals surface area contributed by atoms with E-state index in [9.17, 15) is 24.5 Å². The summed E-state index contributed by atoms with van der Waals surface area (Å²) >= 11 is 6.45. The third kappa shape index (κ3) is 3.77. The molecular weight excluding hydrogens is 525 g/mol. The minimum atomic E-state index is -1.25. The lowest BCUT2D eigenvalue weighted by atomic mass is 9.77. The van der Waals surface area contributed by atoms with Gasteiger partial charge in [-0.05, 0) is 74.1 Å². The SMILES string of the molecule is COc1cc(-n2c(C34CCC(OC)(CC3)C4)c(-c3ccc(C(=O)O)c(O)c3)c3c(O)cc(Cl)cc32)ccc1F. The highest BCUT2D eigenvalue weighted by molar-refractivity contribution is 6.31. The largest absolute Gasteiger partial charge is 0.507 e. The van der Waals surface area contributed by atoms with Crippen molar-refractivity contribution in [3.05, 3.63) is 70.6 Å². The summed E-state index contributed by atoms with van der Waals surface area (Å²) in [6.45, 7) is 0. The summed E-state index contributed by atoms with van der Waals surface area (Å²) in [5.41, 5.74) is 2.41. The summed E-state index contributed by atoms with van der Waals surface area (Å²) in [4.78, 5) is 11.6. The number of nitrogens with zero attached hydrogens (tertiary/aromatic N) is 1. The monoisotopic (exact) mass is 551 g/mol. The second-order valence-corrected chi connectivity index (χ2v) is 11.0. The zero-order chi connectivity index (χ0) is 27.7. The van der Waals surface area contributed by atoms with Gasteiger partial charge in [0.25, 0.3) is 0 Å². The molecule has 1 heterocycles. The van der Waals surface area contributed by atoms with E-state index in [1.165, 1.54) is 31.4 Å². The van der Waals surface area contributed by atoms with Crippen molar-refractivity contribution in [2.45, 2.75) is 43.1 Å². The number of aromatic nitrogens is 1. The molecule has 2 bridgehead atoms. The number of benzene rings is 3. The van der Waals surface area contributed by atoms with Crippen molar-refractivity contribution in [2.75, 3.05) is 14.2 Å². The number of fused-ring (bicyclic) bond motifs is 3. The fraction of sp³-hybridized carbons (Fsp3) is 0.300. The lowest BCUT2D eigenvalue weighted by molar-refractivity contribution is -0.000311. The fourth-order valence-electron chi connectivity index (χ4n) is 6.82. The molecule has 2 aliphatic carbocycles. The zero-order valence-corrected chi connectivity index (χ0v) is 22.2. The summed E-state index contributed by atoms with van der Waals surface area (Å²) in [5.74, 6) is -2.13. The number of phenolic OH excluding ortho intramolecular Hbond substituents is 1. The molecule has 6 rings (SSSR count). The van der Waals surface area contributed by atoms with E-state index >= 15 is 0 Å². The van der Waals surface area contributed by atoms with Crippen LogP contribution < -0.4 is 4.74 Å². The fourth-order valence-corrected chi connectivity index (χ4v) is 7.03. The lowest BCUT2D eigenvalue weighted by Gasteiger charge is -2.30. The molecule has 0 amide bonds. The molecule has 2 fully saturated rings. The highest BCUT2D eigenvalue weighted by Gasteiger charge is 2.57. The Morgan fingerprint density at radius 3 is 2.36 bits per heavy atom. The van der Waals surface area contributed by atoms with E-state index in [0.29, 0.717) is 32.7 Å². The molecule has 2 saturated carbocycles. The molecule has 3 aromatic carbocycles. The molecule has 4 aromatic rings. The van der Waals surface area contributed by atoms with Crippen LogP contribution in [-0.4, -0.2) is 45.7 Å². The minimum Gasteiger partial charge on any atom is -0.507 e. The first kappa shape index (κ1) is 25.5. The number of methoxy groups -OCH3 is 2. The first-order valence-corrected chi connectivity index (χ1v) is 13.0. The number of rotatable bonds is 6.